The molecule has 0 bridgehead atoms. The lowest BCUT2D eigenvalue weighted by Gasteiger charge is -2.35. The molecule has 284 valence electrons. The van der Waals surface area contributed by atoms with E-state index >= 15 is 0 Å². The van der Waals surface area contributed by atoms with Crippen LogP contribution >= 0.6 is 0 Å². The third kappa shape index (κ3) is 4.73. The van der Waals surface area contributed by atoms with E-state index in [0.29, 0.717) is 0 Å². The highest BCUT2D eigenvalue weighted by Gasteiger charge is 2.51. The van der Waals surface area contributed by atoms with Gasteiger partial charge in [0.05, 0.1) is 22.5 Å². The molecule has 3 aliphatic rings. The number of para-hydroxylation sites is 2. The summed E-state index contributed by atoms with van der Waals surface area (Å²) in [6.07, 6.45) is 0. The van der Waals surface area contributed by atoms with Crippen molar-refractivity contribution in [2.24, 2.45) is 0 Å². The van der Waals surface area contributed by atoms with Crippen molar-refractivity contribution in [3.05, 3.63) is 253 Å². The van der Waals surface area contributed by atoms with Gasteiger partial charge in [0.1, 0.15) is 0 Å². The molecule has 0 fully saturated rings. The minimum atomic E-state index is -0.447. The van der Waals surface area contributed by atoms with Crippen molar-refractivity contribution in [2.45, 2.75) is 5.41 Å². The number of benzene rings is 10. The Morgan fingerprint density at radius 2 is 0.836 bits per heavy atom. The van der Waals surface area contributed by atoms with Gasteiger partial charge in [-0.05, 0) is 116 Å². The van der Waals surface area contributed by atoms with E-state index < -0.39 is 5.41 Å². The Bertz CT molecular complexity index is 3300. The van der Waals surface area contributed by atoms with Gasteiger partial charge in [0.15, 0.2) is 0 Å². The average Bonchev–Trinajstić information content (AvgIpc) is 3.80. The van der Waals surface area contributed by atoms with Crippen LogP contribution in [0.2, 0.25) is 0 Å². The smallest absolute Gasteiger partial charge is 0.0726 e. The highest BCUT2D eigenvalue weighted by Crippen LogP contribution is 2.63. The van der Waals surface area contributed by atoms with Crippen molar-refractivity contribution in [2.75, 3.05) is 9.80 Å². The molecule has 13 rings (SSSR count). The summed E-state index contributed by atoms with van der Waals surface area (Å²) in [6.45, 7) is 0. The van der Waals surface area contributed by atoms with Crippen LogP contribution in [0.5, 0.6) is 0 Å². The molecule has 0 aromatic heterocycles. The van der Waals surface area contributed by atoms with Crippen LogP contribution in [0.1, 0.15) is 22.3 Å². The quantitative estimate of drug-likeness (QED) is 0.172. The average molecular weight is 775 g/mol. The van der Waals surface area contributed by atoms with Crippen molar-refractivity contribution in [1.29, 1.82) is 0 Å². The zero-order valence-electron chi connectivity index (χ0n) is 33.3. The SMILES string of the molecule is c1ccc(-c2ccc(N(c3ccc4c(c3)C3(c5ccccc5-c5ccccc53)c3ccccc3-4)c3ccc4c5c(cccc35)N(c3ccccc3)c3ccccc3-4)cc2)cc1. The zero-order valence-corrected chi connectivity index (χ0v) is 33.3. The third-order valence-electron chi connectivity index (χ3n) is 13.4. The largest absolute Gasteiger partial charge is 0.310 e. The van der Waals surface area contributed by atoms with E-state index in [-0.39, 0.29) is 0 Å². The minimum Gasteiger partial charge on any atom is -0.310 e. The lowest BCUT2D eigenvalue weighted by Crippen LogP contribution is -2.26. The summed E-state index contributed by atoms with van der Waals surface area (Å²) in [7, 11) is 0. The number of hydrogen-bond acceptors (Lipinski definition) is 2. The Morgan fingerprint density at radius 1 is 0.328 bits per heavy atom. The van der Waals surface area contributed by atoms with Crippen LogP contribution in [0.15, 0.2) is 231 Å². The molecule has 2 aliphatic carbocycles. The summed E-state index contributed by atoms with van der Waals surface area (Å²) in [5, 5.41) is 2.45. The molecule has 1 aliphatic heterocycles. The topological polar surface area (TPSA) is 6.48 Å². The first-order valence-electron chi connectivity index (χ1n) is 21.2. The maximum Gasteiger partial charge on any atom is 0.0726 e. The van der Waals surface area contributed by atoms with Gasteiger partial charge in [-0.2, -0.15) is 0 Å². The molecule has 1 spiro atoms. The number of fused-ring (bicyclic) bond motifs is 12. The molecule has 1 heterocycles. The zero-order chi connectivity index (χ0) is 40.1. The first kappa shape index (κ1) is 34.0. The predicted molar refractivity (Wildman–Crippen MR) is 254 cm³/mol. The van der Waals surface area contributed by atoms with Crippen LogP contribution in [0.4, 0.5) is 34.1 Å². The van der Waals surface area contributed by atoms with Gasteiger partial charge in [0.2, 0.25) is 0 Å². The Hall–Kier alpha value is -7.94. The van der Waals surface area contributed by atoms with Crippen LogP contribution in [0.3, 0.4) is 0 Å². The first-order valence-corrected chi connectivity index (χ1v) is 21.2. The van der Waals surface area contributed by atoms with Gasteiger partial charge in [-0.15, -0.1) is 0 Å². The normalized spacial score (nSPS) is 13.3. The second kappa shape index (κ2) is 13.0. The number of rotatable bonds is 5. The van der Waals surface area contributed by atoms with E-state index in [1.807, 2.05) is 0 Å². The van der Waals surface area contributed by atoms with E-state index in [1.165, 1.54) is 88.9 Å². The van der Waals surface area contributed by atoms with E-state index in [1.54, 1.807) is 0 Å². The van der Waals surface area contributed by atoms with Crippen molar-refractivity contribution in [3.8, 4) is 44.5 Å². The monoisotopic (exact) mass is 774 g/mol. The van der Waals surface area contributed by atoms with Crippen LogP contribution in [-0.2, 0) is 5.41 Å². The molecule has 10 aromatic rings. The molecule has 0 atom stereocenters. The van der Waals surface area contributed by atoms with Gasteiger partial charge < -0.3 is 9.80 Å². The van der Waals surface area contributed by atoms with Gasteiger partial charge in [-0.3, -0.25) is 0 Å². The molecular weight excluding hydrogens is 737 g/mol. The van der Waals surface area contributed by atoms with Crippen LogP contribution in [-0.4, -0.2) is 0 Å². The third-order valence-corrected chi connectivity index (χ3v) is 13.4. The van der Waals surface area contributed by atoms with E-state index in [9.17, 15) is 0 Å². The second-order valence-electron chi connectivity index (χ2n) is 16.4. The summed E-state index contributed by atoms with van der Waals surface area (Å²) < 4.78 is 0. The molecule has 0 unspecified atom stereocenters. The predicted octanol–water partition coefficient (Wildman–Crippen LogP) is 15.8. The van der Waals surface area contributed by atoms with Gasteiger partial charge in [-0.1, -0.05) is 176 Å². The molecule has 0 saturated heterocycles. The van der Waals surface area contributed by atoms with Crippen LogP contribution in [0, 0.1) is 0 Å². The van der Waals surface area contributed by atoms with E-state index in [0.717, 1.165) is 22.7 Å². The maximum atomic E-state index is 2.50. The molecule has 2 nitrogen and oxygen atoms in total. The van der Waals surface area contributed by atoms with Gasteiger partial charge in [0, 0.05) is 33.4 Å². The number of anilines is 6. The fourth-order valence-corrected chi connectivity index (χ4v) is 10.9. The maximum absolute atomic E-state index is 2.50. The van der Waals surface area contributed by atoms with Gasteiger partial charge in [0.25, 0.3) is 0 Å². The highest BCUT2D eigenvalue weighted by molar-refractivity contribution is 6.18. The van der Waals surface area contributed by atoms with Gasteiger partial charge in [-0.25, -0.2) is 0 Å². The number of nitrogens with zero attached hydrogens (tertiary/aromatic N) is 2. The lowest BCUT2D eigenvalue weighted by atomic mass is 9.70. The summed E-state index contributed by atoms with van der Waals surface area (Å²) in [4.78, 5) is 4.92. The summed E-state index contributed by atoms with van der Waals surface area (Å²) >= 11 is 0. The molecule has 61 heavy (non-hydrogen) atoms. The molecule has 0 saturated carbocycles. The van der Waals surface area contributed by atoms with Crippen molar-refractivity contribution in [1.82, 2.24) is 0 Å². The molecule has 0 N–H and O–H groups in total. The molecule has 0 radical (unpaired) electrons. The molecule has 10 aromatic carbocycles. The minimum absolute atomic E-state index is 0.447. The van der Waals surface area contributed by atoms with E-state index in [4.69, 9.17) is 0 Å². The van der Waals surface area contributed by atoms with Crippen molar-refractivity contribution >= 4 is 44.9 Å². The van der Waals surface area contributed by atoms with Crippen molar-refractivity contribution < 1.29 is 0 Å². The summed E-state index contributed by atoms with van der Waals surface area (Å²) in [5.74, 6) is 0. The molecule has 2 heteroatoms. The number of hydrogen-bond donors (Lipinski definition) is 0. The first-order chi connectivity index (χ1) is 30.3. The fraction of sp³-hybridized carbons (Fsp3) is 0.0169. The van der Waals surface area contributed by atoms with Crippen LogP contribution < -0.4 is 9.80 Å². The Kier molecular flexibility index (Phi) is 7.26. The van der Waals surface area contributed by atoms with Crippen molar-refractivity contribution in [3.63, 3.8) is 0 Å². The Labute approximate surface area is 355 Å². The Balaban J connectivity index is 1.08. The molecular formula is C59H38N2. The van der Waals surface area contributed by atoms with Gasteiger partial charge >= 0.3 is 0 Å². The standard InChI is InChI=1S/C59H38N2/c1-3-16-39(17-4-1)40-30-32-42(33-31-40)60(56-37-36-49-48-23-10-14-28-55(48)61(41-18-5-2-6-19-41)57-29-15-24-50(56)58(49)57)43-34-35-47-46-22-9-13-27-53(46)59(54(47)38-43)51-25-11-7-20-44(51)45-21-8-12-26-52(45)59/h1-38H. The fourth-order valence-electron chi connectivity index (χ4n) is 10.9. The second-order valence-corrected chi connectivity index (χ2v) is 16.4. The summed E-state index contributed by atoms with van der Waals surface area (Å²) in [6, 6.07) is 85.3. The molecule has 0 amide bonds. The summed E-state index contributed by atoms with van der Waals surface area (Å²) in [5.41, 5.74) is 21.9. The Morgan fingerprint density at radius 3 is 1.51 bits per heavy atom. The van der Waals surface area contributed by atoms with Crippen LogP contribution in [0.25, 0.3) is 55.3 Å². The van der Waals surface area contributed by atoms with E-state index in [2.05, 4.69) is 240 Å². The highest BCUT2D eigenvalue weighted by atomic mass is 15.2. The lowest BCUT2D eigenvalue weighted by molar-refractivity contribution is 0.793.